The van der Waals surface area contributed by atoms with Crippen LogP contribution in [0.5, 0.6) is 0 Å². The van der Waals surface area contributed by atoms with Gasteiger partial charge in [-0.15, -0.1) is 0 Å². The van der Waals surface area contributed by atoms with Crippen molar-refractivity contribution in [2.75, 3.05) is 0 Å². The molecule has 2 nitrogen and oxygen atoms in total. The van der Waals surface area contributed by atoms with E-state index >= 15 is 0 Å². The van der Waals surface area contributed by atoms with Crippen LogP contribution in [0.1, 0.15) is 25.3 Å². The second-order valence-corrected chi connectivity index (χ2v) is 3.79. The molecule has 0 atom stereocenters. The third kappa shape index (κ3) is 2.74. The quantitative estimate of drug-likeness (QED) is 0.820. The standard InChI is InChI=1S/C12H12ClFN2/c1-2-3-9(7-15)12(16)8-4-5-11(14)10(13)6-8/h4-6H,2-3,16H2,1H3/b12-9-. The molecule has 0 saturated carbocycles. The number of hydrogen-bond donors (Lipinski definition) is 1. The largest absolute Gasteiger partial charge is 0.397 e. The second kappa shape index (κ2) is 5.53. The van der Waals surface area contributed by atoms with E-state index in [1.165, 1.54) is 18.2 Å². The van der Waals surface area contributed by atoms with Crippen LogP contribution in [0.3, 0.4) is 0 Å². The minimum Gasteiger partial charge on any atom is -0.397 e. The zero-order chi connectivity index (χ0) is 12.1. The van der Waals surface area contributed by atoms with Crippen molar-refractivity contribution in [1.29, 1.82) is 5.26 Å². The average Bonchev–Trinajstić information content (AvgIpc) is 2.28. The number of allylic oxidation sites excluding steroid dienone is 1. The molecule has 4 heteroatoms. The van der Waals surface area contributed by atoms with E-state index in [2.05, 4.69) is 6.07 Å². The van der Waals surface area contributed by atoms with Crippen LogP contribution in [0.2, 0.25) is 5.02 Å². The van der Waals surface area contributed by atoms with Gasteiger partial charge in [0.1, 0.15) is 5.82 Å². The van der Waals surface area contributed by atoms with Crippen LogP contribution in [0.4, 0.5) is 4.39 Å². The first-order valence-electron chi connectivity index (χ1n) is 4.94. The molecule has 0 amide bonds. The van der Waals surface area contributed by atoms with Gasteiger partial charge in [0.25, 0.3) is 0 Å². The van der Waals surface area contributed by atoms with E-state index in [1.54, 1.807) is 0 Å². The number of nitrogens with two attached hydrogens (primary N) is 1. The summed E-state index contributed by atoms with van der Waals surface area (Å²) in [7, 11) is 0. The van der Waals surface area contributed by atoms with Crippen LogP contribution in [0.25, 0.3) is 5.70 Å². The van der Waals surface area contributed by atoms with Crippen molar-refractivity contribution in [2.45, 2.75) is 19.8 Å². The van der Waals surface area contributed by atoms with Crippen molar-refractivity contribution in [3.8, 4) is 6.07 Å². The van der Waals surface area contributed by atoms with Gasteiger partial charge in [-0.05, 0) is 24.6 Å². The van der Waals surface area contributed by atoms with Crippen molar-refractivity contribution in [3.63, 3.8) is 0 Å². The van der Waals surface area contributed by atoms with Crippen LogP contribution in [-0.2, 0) is 0 Å². The molecule has 0 aliphatic carbocycles. The van der Waals surface area contributed by atoms with Gasteiger partial charge in [0.2, 0.25) is 0 Å². The summed E-state index contributed by atoms with van der Waals surface area (Å²) < 4.78 is 12.9. The first-order valence-corrected chi connectivity index (χ1v) is 5.32. The van der Waals surface area contributed by atoms with Gasteiger partial charge in [-0.25, -0.2) is 4.39 Å². The molecule has 0 aromatic heterocycles. The average molecular weight is 239 g/mol. The third-order valence-electron chi connectivity index (χ3n) is 2.19. The Morgan fingerprint density at radius 1 is 1.56 bits per heavy atom. The fourth-order valence-electron chi connectivity index (χ4n) is 1.34. The zero-order valence-corrected chi connectivity index (χ0v) is 9.68. The summed E-state index contributed by atoms with van der Waals surface area (Å²) in [5.41, 5.74) is 7.28. The smallest absolute Gasteiger partial charge is 0.141 e. The molecule has 1 aromatic carbocycles. The molecule has 0 radical (unpaired) electrons. The third-order valence-corrected chi connectivity index (χ3v) is 2.48. The van der Waals surface area contributed by atoms with Crippen LogP contribution in [-0.4, -0.2) is 0 Å². The Morgan fingerprint density at radius 3 is 2.75 bits per heavy atom. The fraction of sp³-hybridized carbons (Fsp3) is 0.250. The monoisotopic (exact) mass is 238 g/mol. The van der Waals surface area contributed by atoms with Crippen molar-refractivity contribution in [3.05, 3.63) is 40.2 Å². The van der Waals surface area contributed by atoms with Crippen LogP contribution >= 0.6 is 11.6 Å². The predicted molar refractivity (Wildman–Crippen MR) is 63.0 cm³/mol. The lowest BCUT2D eigenvalue weighted by atomic mass is 10.0. The Morgan fingerprint density at radius 2 is 2.25 bits per heavy atom. The van der Waals surface area contributed by atoms with Gasteiger partial charge in [-0.1, -0.05) is 24.9 Å². The highest BCUT2D eigenvalue weighted by molar-refractivity contribution is 6.30. The molecule has 0 aliphatic rings. The molecule has 0 heterocycles. The maximum absolute atomic E-state index is 12.9. The zero-order valence-electron chi connectivity index (χ0n) is 8.93. The summed E-state index contributed by atoms with van der Waals surface area (Å²) in [5, 5.41) is 8.93. The lowest BCUT2D eigenvalue weighted by Gasteiger charge is -2.06. The van der Waals surface area contributed by atoms with Crippen LogP contribution in [0, 0.1) is 17.1 Å². The molecule has 0 spiro atoms. The van der Waals surface area contributed by atoms with Gasteiger partial charge in [0, 0.05) is 5.56 Å². The number of hydrogen-bond acceptors (Lipinski definition) is 2. The summed E-state index contributed by atoms with van der Waals surface area (Å²) in [6.45, 7) is 1.96. The maximum Gasteiger partial charge on any atom is 0.141 e. The predicted octanol–water partition coefficient (Wildman–Crippen LogP) is 3.47. The maximum atomic E-state index is 12.9. The Bertz CT molecular complexity index is 461. The molecule has 0 bridgehead atoms. The van der Waals surface area contributed by atoms with E-state index in [9.17, 15) is 4.39 Å². The molecule has 2 N–H and O–H groups in total. The van der Waals surface area contributed by atoms with E-state index in [1.807, 2.05) is 6.92 Å². The molecular formula is C12H12ClFN2. The number of halogens is 2. The molecule has 0 fully saturated rings. The summed E-state index contributed by atoms with van der Waals surface area (Å²) in [6.07, 6.45) is 1.44. The normalized spacial score (nSPS) is 11.9. The van der Waals surface area contributed by atoms with Gasteiger partial charge in [-0.2, -0.15) is 5.26 Å². The highest BCUT2D eigenvalue weighted by atomic mass is 35.5. The fourth-order valence-corrected chi connectivity index (χ4v) is 1.52. The molecule has 0 aliphatic heterocycles. The van der Waals surface area contributed by atoms with E-state index in [0.717, 1.165) is 6.42 Å². The van der Waals surface area contributed by atoms with Gasteiger partial charge in [-0.3, -0.25) is 0 Å². The summed E-state index contributed by atoms with van der Waals surface area (Å²) >= 11 is 5.65. The summed E-state index contributed by atoms with van der Waals surface area (Å²) in [6, 6.07) is 6.24. The van der Waals surface area contributed by atoms with Gasteiger partial charge >= 0.3 is 0 Å². The van der Waals surface area contributed by atoms with Crippen LogP contribution in [0.15, 0.2) is 23.8 Å². The first-order chi connectivity index (χ1) is 7.60. The molecule has 0 unspecified atom stereocenters. The Hall–Kier alpha value is -1.53. The van der Waals surface area contributed by atoms with Crippen molar-refractivity contribution >= 4 is 17.3 Å². The number of benzene rings is 1. The summed E-state index contributed by atoms with van der Waals surface area (Å²) in [5.74, 6) is -0.493. The van der Waals surface area contributed by atoms with E-state index in [0.29, 0.717) is 23.3 Å². The Kier molecular flexibility index (Phi) is 4.33. The van der Waals surface area contributed by atoms with Gasteiger partial charge in [0.05, 0.1) is 22.4 Å². The highest BCUT2D eigenvalue weighted by Crippen LogP contribution is 2.22. The highest BCUT2D eigenvalue weighted by Gasteiger charge is 2.07. The lowest BCUT2D eigenvalue weighted by molar-refractivity contribution is 0.628. The number of rotatable bonds is 3. The minimum atomic E-state index is -0.493. The second-order valence-electron chi connectivity index (χ2n) is 3.38. The van der Waals surface area contributed by atoms with Crippen molar-refractivity contribution in [1.82, 2.24) is 0 Å². The topological polar surface area (TPSA) is 49.8 Å². The molecule has 0 saturated heterocycles. The molecule has 1 aromatic rings. The molecule has 84 valence electrons. The lowest BCUT2D eigenvalue weighted by Crippen LogP contribution is -2.01. The van der Waals surface area contributed by atoms with E-state index in [-0.39, 0.29) is 5.02 Å². The molecular weight excluding hydrogens is 227 g/mol. The summed E-state index contributed by atoms with van der Waals surface area (Å²) in [4.78, 5) is 0. The Labute approximate surface area is 99.1 Å². The van der Waals surface area contributed by atoms with E-state index < -0.39 is 5.82 Å². The number of nitrogens with zero attached hydrogens (tertiary/aromatic N) is 1. The SMILES string of the molecule is CCC/C(C#N)=C(/N)c1ccc(F)c(Cl)c1. The Balaban J connectivity index is 3.17. The minimum absolute atomic E-state index is 0.00855. The van der Waals surface area contributed by atoms with Crippen molar-refractivity contribution < 1.29 is 4.39 Å². The van der Waals surface area contributed by atoms with E-state index in [4.69, 9.17) is 22.6 Å². The van der Waals surface area contributed by atoms with Gasteiger partial charge in [0.15, 0.2) is 0 Å². The van der Waals surface area contributed by atoms with Crippen molar-refractivity contribution in [2.24, 2.45) is 5.73 Å². The van der Waals surface area contributed by atoms with Crippen LogP contribution < -0.4 is 5.73 Å². The molecule has 1 rings (SSSR count). The number of nitriles is 1. The van der Waals surface area contributed by atoms with Gasteiger partial charge < -0.3 is 5.73 Å². The first kappa shape index (κ1) is 12.5. The molecule has 16 heavy (non-hydrogen) atoms.